The molecule has 4 nitrogen and oxygen atoms in total. The van der Waals surface area contributed by atoms with E-state index in [4.69, 9.17) is 28.9 Å². The Balaban J connectivity index is 2.38. The van der Waals surface area contributed by atoms with E-state index in [9.17, 15) is 0 Å². The molecule has 0 aliphatic rings. The van der Waals surface area contributed by atoms with E-state index in [0.717, 1.165) is 11.3 Å². The molecule has 1 heterocycles. The molecule has 0 unspecified atom stereocenters. The van der Waals surface area contributed by atoms with Gasteiger partial charge in [0.2, 0.25) is 0 Å². The molecule has 84 valence electrons. The van der Waals surface area contributed by atoms with E-state index in [2.05, 4.69) is 10.3 Å². The van der Waals surface area contributed by atoms with Gasteiger partial charge in [-0.2, -0.15) is 0 Å². The Labute approximate surface area is 103 Å². The van der Waals surface area contributed by atoms with Gasteiger partial charge in [-0.25, -0.2) is 4.68 Å². The Kier molecular flexibility index (Phi) is 3.03. The Bertz CT molecular complexity index is 501. The Morgan fingerprint density at radius 1 is 1.31 bits per heavy atom. The molecule has 16 heavy (non-hydrogen) atoms. The highest BCUT2D eigenvalue weighted by atomic mass is 35.5. The zero-order valence-electron chi connectivity index (χ0n) is 8.61. The number of aromatic nitrogens is 3. The maximum absolute atomic E-state index is 6.06. The van der Waals surface area contributed by atoms with Gasteiger partial charge in [0.15, 0.2) is 5.82 Å². The first kappa shape index (κ1) is 11.2. The van der Waals surface area contributed by atoms with Crippen molar-refractivity contribution in [2.75, 3.05) is 5.73 Å². The molecular formula is C10H10Cl2N4. The summed E-state index contributed by atoms with van der Waals surface area (Å²) in [6, 6.07) is 5.38. The fraction of sp³-hybridized carbons (Fsp3) is 0.200. The summed E-state index contributed by atoms with van der Waals surface area (Å²) in [4.78, 5) is 0. The number of nitrogens with zero attached hydrogens (tertiary/aromatic N) is 3. The molecule has 0 spiro atoms. The molecule has 6 heteroatoms. The highest BCUT2D eigenvalue weighted by molar-refractivity contribution is 6.35. The van der Waals surface area contributed by atoms with Crippen molar-refractivity contribution in [1.29, 1.82) is 0 Å². The van der Waals surface area contributed by atoms with Gasteiger partial charge in [-0.05, 0) is 19.1 Å². The summed E-state index contributed by atoms with van der Waals surface area (Å²) in [6.07, 6.45) is 0. The molecule has 0 aliphatic heterocycles. The Morgan fingerprint density at radius 2 is 1.94 bits per heavy atom. The first-order valence-corrected chi connectivity index (χ1v) is 5.43. The van der Waals surface area contributed by atoms with Gasteiger partial charge < -0.3 is 5.73 Å². The van der Waals surface area contributed by atoms with Gasteiger partial charge in [-0.3, -0.25) is 0 Å². The molecule has 0 amide bonds. The SMILES string of the molecule is Cc1c(N)nnn1Cc1c(Cl)cccc1Cl. The number of nitrogens with two attached hydrogens (primary N) is 1. The zero-order valence-corrected chi connectivity index (χ0v) is 10.1. The highest BCUT2D eigenvalue weighted by Crippen LogP contribution is 2.25. The van der Waals surface area contributed by atoms with Crippen LogP contribution in [0.25, 0.3) is 0 Å². The van der Waals surface area contributed by atoms with Crippen LogP contribution in [0.15, 0.2) is 18.2 Å². The first-order chi connectivity index (χ1) is 7.59. The van der Waals surface area contributed by atoms with Crippen molar-refractivity contribution in [2.24, 2.45) is 0 Å². The fourth-order valence-electron chi connectivity index (χ4n) is 1.36. The maximum atomic E-state index is 6.06. The third-order valence-corrected chi connectivity index (χ3v) is 3.10. The molecule has 0 aliphatic carbocycles. The number of benzene rings is 1. The second-order valence-electron chi connectivity index (χ2n) is 3.42. The van der Waals surface area contributed by atoms with Crippen LogP contribution in [0.5, 0.6) is 0 Å². The van der Waals surface area contributed by atoms with Crippen LogP contribution in [0.3, 0.4) is 0 Å². The predicted octanol–water partition coefficient (Wildman–Crippen LogP) is 2.52. The van der Waals surface area contributed by atoms with Crippen molar-refractivity contribution in [2.45, 2.75) is 13.5 Å². The van der Waals surface area contributed by atoms with E-state index in [1.54, 1.807) is 22.9 Å². The highest BCUT2D eigenvalue weighted by Gasteiger charge is 2.10. The van der Waals surface area contributed by atoms with E-state index in [1.165, 1.54) is 0 Å². The van der Waals surface area contributed by atoms with Crippen LogP contribution in [0.1, 0.15) is 11.3 Å². The third kappa shape index (κ3) is 1.99. The molecule has 1 aromatic heterocycles. The van der Waals surface area contributed by atoms with Crippen LogP contribution in [0, 0.1) is 6.92 Å². The molecule has 2 aromatic rings. The Morgan fingerprint density at radius 3 is 2.44 bits per heavy atom. The van der Waals surface area contributed by atoms with Gasteiger partial charge in [0.25, 0.3) is 0 Å². The third-order valence-electron chi connectivity index (χ3n) is 2.39. The number of anilines is 1. The maximum Gasteiger partial charge on any atom is 0.168 e. The summed E-state index contributed by atoms with van der Waals surface area (Å²) >= 11 is 12.1. The van der Waals surface area contributed by atoms with E-state index in [0.29, 0.717) is 22.4 Å². The van der Waals surface area contributed by atoms with Gasteiger partial charge in [0.1, 0.15) is 0 Å². The second-order valence-corrected chi connectivity index (χ2v) is 4.23. The number of halogens is 2. The van der Waals surface area contributed by atoms with Gasteiger partial charge in [0.05, 0.1) is 12.2 Å². The van der Waals surface area contributed by atoms with Crippen LogP contribution in [0.2, 0.25) is 10.0 Å². The normalized spacial score (nSPS) is 10.7. The van der Waals surface area contributed by atoms with Gasteiger partial charge in [-0.15, -0.1) is 5.10 Å². The minimum atomic E-state index is 0.420. The van der Waals surface area contributed by atoms with E-state index < -0.39 is 0 Å². The molecule has 0 atom stereocenters. The number of rotatable bonds is 2. The number of hydrogen-bond acceptors (Lipinski definition) is 3. The summed E-state index contributed by atoms with van der Waals surface area (Å²) in [5, 5.41) is 8.92. The smallest absolute Gasteiger partial charge is 0.168 e. The van der Waals surface area contributed by atoms with Crippen molar-refractivity contribution in [3.63, 3.8) is 0 Å². The summed E-state index contributed by atoms with van der Waals surface area (Å²) < 4.78 is 1.67. The van der Waals surface area contributed by atoms with Gasteiger partial charge >= 0.3 is 0 Å². The molecule has 2 rings (SSSR count). The van der Waals surface area contributed by atoms with E-state index >= 15 is 0 Å². The molecule has 0 bridgehead atoms. The molecular weight excluding hydrogens is 247 g/mol. The number of nitrogen functional groups attached to an aromatic ring is 1. The first-order valence-electron chi connectivity index (χ1n) is 4.68. The molecule has 1 aromatic carbocycles. The monoisotopic (exact) mass is 256 g/mol. The standard InChI is InChI=1S/C10H10Cl2N4/c1-6-10(13)14-15-16(6)5-7-8(11)3-2-4-9(7)12/h2-4H,5,13H2,1H3. The Hall–Kier alpha value is -1.26. The minimum absolute atomic E-state index is 0.420. The quantitative estimate of drug-likeness (QED) is 0.899. The average molecular weight is 257 g/mol. The summed E-state index contributed by atoms with van der Waals surface area (Å²) in [5.41, 5.74) is 7.23. The molecule has 0 saturated heterocycles. The molecule has 0 radical (unpaired) electrons. The topological polar surface area (TPSA) is 56.7 Å². The largest absolute Gasteiger partial charge is 0.381 e. The lowest BCUT2D eigenvalue weighted by atomic mass is 10.2. The average Bonchev–Trinajstić information content (AvgIpc) is 2.55. The van der Waals surface area contributed by atoms with Crippen LogP contribution >= 0.6 is 23.2 Å². The predicted molar refractivity (Wildman–Crippen MR) is 64.7 cm³/mol. The lowest BCUT2D eigenvalue weighted by Gasteiger charge is -2.07. The van der Waals surface area contributed by atoms with Crippen molar-refractivity contribution in [1.82, 2.24) is 15.0 Å². The van der Waals surface area contributed by atoms with Crippen LogP contribution in [-0.2, 0) is 6.54 Å². The van der Waals surface area contributed by atoms with E-state index in [1.807, 2.05) is 6.92 Å². The van der Waals surface area contributed by atoms with Crippen molar-refractivity contribution >= 4 is 29.0 Å². The van der Waals surface area contributed by atoms with Gasteiger partial charge in [0, 0.05) is 15.6 Å². The summed E-state index contributed by atoms with van der Waals surface area (Å²) in [5.74, 6) is 0.420. The van der Waals surface area contributed by atoms with Crippen LogP contribution in [0.4, 0.5) is 5.82 Å². The lowest BCUT2D eigenvalue weighted by Crippen LogP contribution is -2.05. The van der Waals surface area contributed by atoms with Crippen molar-refractivity contribution < 1.29 is 0 Å². The van der Waals surface area contributed by atoms with E-state index in [-0.39, 0.29) is 0 Å². The van der Waals surface area contributed by atoms with Crippen molar-refractivity contribution in [3.8, 4) is 0 Å². The molecule has 0 fully saturated rings. The number of hydrogen-bond donors (Lipinski definition) is 1. The minimum Gasteiger partial charge on any atom is -0.381 e. The fourth-order valence-corrected chi connectivity index (χ4v) is 1.87. The van der Waals surface area contributed by atoms with Crippen LogP contribution < -0.4 is 5.73 Å². The van der Waals surface area contributed by atoms with Gasteiger partial charge in [-0.1, -0.05) is 34.5 Å². The second kappa shape index (κ2) is 4.31. The molecule has 2 N–H and O–H groups in total. The lowest BCUT2D eigenvalue weighted by molar-refractivity contribution is 0.633. The summed E-state index contributed by atoms with van der Waals surface area (Å²) in [7, 11) is 0. The summed E-state index contributed by atoms with van der Waals surface area (Å²) in [6.45, 7) is 2.31. The zero-order chi connectivity index (χ0) is 11.7. The van der Waals surface area contributed by atoms with Crippen LogP contribution in [-0.4, -0.2) is 15.0 Å². The molecule has 0 saturated carbocycles. The van der Waals surface area contributed by atoms with Crippen molar-refractivity contribution in [3.05, 3.63) is 39.5 Å².